The van der Waals surface area contributed by atoms with Crippen molar-refractivity contribution in [1.82, 2.24) is 10.4 Å². The van der Waals surface area contributed by atoms with Crippen molar-refractivity contribution in [2.24, 2.45) is 5.84 Å². The second kappa shape index (κ2) is 7.62. The molecule has 1 atom stereocenters. The number of rotatable bonds is 7. The van der Waals surface area contributed by atoms with Gasteiger partial charge in [-0.05, 0) is 48.2 Å². The van der Waals surface area contributed by atoms with Gasteiger partial charge in [-0.15, -0.1) is 0 Å². The number of aromatic nitrogens is 1. The SMILES string of the molecule is CCCOc1ccc(C(Cc2ccncc2)NN)cc1. The lowest BCUT2D eigenvalue weighted by Gasteiger charge is -2.17. The molecule has 2 aromatic rings. The summed E-state index contributed by atoms with van der Waals surface area (Å²) in [5.74, 6) is 6.57. The molecule has 1 unspecified atom stereocenters. The number of benzene rings is 1. The molecule has 0 radical (unpaired) electrons. The first-order valence-corrected chi connectivity index (χ1v) is 6.91. The van der Waals surface area contributed by atoms with Gasteiger partial charge in [-0.25, -0.2) is 0 Å². The van der Waals surface area contributed by atoms with E-state index in [1.165, 1.54) is 5.56 Å². The van der Waals surface area contributed by atoms with Crippen molar-refractivity contribution in [2.75, 3.05) is 6.61 Å². The lowest BCUT2D eigenvalue weighted by atomic mass is 10.00. The van der Waals surface area contributed by atoms with E-state index in [1.807, 2.05) is 24.3 Å². The first kappa shape index (κ1) is 14.5. The predicted molar refractivity (Wildman–Crippen MR) is 80.2 cm³/mol. The Labute approximate surface area is 120 Å². The maximum absolute atomic E-state index is 5.67. The van der Waals surface area contributed by atoms with Gasteiger partial charge in [-0.3, -0.25) is 16.3 Å². The van der Waals surface area contributed by atoms with Crippen LogP contribution in [0.2, 0.25) is 0 Å². The van der Waals surface area contributed by atoms with E-state index in [2.05, 4.69) is 29.5 Å². The second-order valence-corrected chi connectivity index (χ2v) is 4.70. The number of hydrogen-bond acceptors (Lipinski definition) is 4. The fourth-order valence-electron chi connectivity index (χ4n) is 2.04. The van der Waals surface area contributed by atoms with Gasteiger partial charge in [-0.2, -0.15) is 0 Å². The number of pyridine rings is 1. The van der Waals surface area contributed by atoms with Crippen LogP contribution in [0.1, 0.15) is 30.5 Å². The molecule has 0 spiro atoms. The molecule has 0 saturated carbocycles. The molecule has 4 nitrogen and oxygen atoms in total. The minimum Gasteiger partial charge on any atom is -0.494 e. The summed E-state index contributed by atoms with van der Waals surface area (Å²) in [6.45, 7) is 2.84. The van der Waals surface area contributed by atoms with Crippen LogP contribution < -0.4 is 16.0 Å². The van der Waals surface area contributed by atoms with Gasteiger partial charge in [0, 0.05) is 18.4 Å². The Hall–Kier alpha value is -1.91. The largest absolute Gasteiger partial charge is 0.494 e. The number of nitrogens with one attached hydrogen (secondary N) is 1. The molecular formula is C16H21N3O. The quantitative estimate of drug-likeness (QED) is 0.600. The Kier molecular flexibility index (Phi) is 5.53. The summed E-state index contributed by atoms with van der Waals surface area (Å²) in [5.41, 5.74) is 5.22. The number of ether oxygens (including phenoxy) is 1. The van der Waals surface area contributed by atoms with Gasteiger partial charge < -0.3 is 4.74 Å². The van der Waals surface area contributed by atoms with Crippen LogP contribution in [0.5, 0.6) is 5.75 Å². The molecule has 0 fully saturated rings. The summed E-state index contributed by atoms with van der Waals surface area (Å²) in [6.07, 6.45) is 5.43. The molecule has 0 bridgehead atoms. The summed E-state index contributed by atoms with van der Waals surface area (Å²) in [7, 11) is 0. The summed E-state index contributed by atoms with van der Waals surface area (Å²) in [5, 5.41) is 0. The van der Waals surface area contributed by atoms with Gasteiger partial charge in [0.15, 0.2) is 0 Å². The van der Waals surface area contributed by atoms with Crippen LogP contribution in [0.4, 0.5) is 0 Å². The molecule has 106 valence electrons. The van der Waals surface area contributed by atoms with Crippen LogP contribution in [0.25, 0.3) is 0 Å². The highest BCUT2D eigenvalue weighted by molar-refractivity contribution is 5.30. The van der Waals surface area contributed by atoms with Crippen LogP contribution in [0, 0.1) is 0 Å². The molecule has 0 aliphatic heterocycles. The van der Waals surface area contributed by atoms with Crippen molar-refractivity contribution in [3.63, 3.8) is 0 Å². The number of nitrogens with two attached hydrogens (primary N) is 1. The monoisotopic (exact) mass is 271 g/mol. The lowest BCUT2D eigenvalue weighted by molar-refractivity contribution is 0.317. The lowest BCUT2D eigenvalue weighted by Crippen LogP contribution is -2.29. The van der Waals surface area contributed by atoms with Gasteiger partial charge >= 0.3 is 0 Å². The third-order valence-electron chi connectivity index (χ3n) is 3.15. The topological polar surface area (TPSA) is 60.2 Å². The normalized spacial score (nSPS) is 12.1. The molecule has 3 N–H and O–H groups in total. The predicted octanol–water partition coefficient (Wildman–Crippen LogP) is 2.62. The van der Waals surface area contributed by atoms with Gasteiger partial charge in [-0.1, -0.05) is 19.1 Å². The molecule has 20 heavy (non-hydrogen) atoms. The fourth-order valence-corrected chi connectivity index (χ4v) is 2.04. The Morgan fingerprint density at radius 3 is 2.45 bits per heavy atom. The third kappa shape index (κ3) is 4.05. The average molecular weight is 271 g/mol. The zero-order chi connectivity index (χ0) is 14.2. The van der Waals surface area contributed by atoms with Gasteiger partial charge in [0.2, 0.25) is 0 Å². The first-order chi connectivity index (χ1) is 9.83. The highest BCUT2D eigenvalue weighted by Crippen LogP contribution is 2.20. The van der Waals surface area contributed by atoms with E-state index in [1.54, 1.807) is 12.4 Å². The molecule has 1 aromatic carbocycles. The summed E-state index contributed by atoms with van der Waals surface area (Å²) >= 11 is 0. The zero-order valence-electron chi connectivity index (χ0n) is 11.8. The van der Waals surface area contributed by atoms with Crippen LogP contribution in [-0.2, 0) is 6.42 Å². The molecule has 4 heteroatoms. The summed E-state index contributed by atoms with van der Waals surface area (Å²) in [6, 6.07) is 12.2. The van der Waals surface area contributed by atoms with E-state index in [0.717, 1.165) is 30.8 Å². The van der Waals surface area contributed by atoms with Crippen LogP contribution in [0.3, 0.4) is 0 Å². The van der Waals surface area contributed by atoms with Crippen molar-refractivity contribution in [2.45, 2.75) is 25.8 Å². The molecule has 1 heterocycles. The Morgan fingerprint density at radius 1 is 1.15 bits per heavy atom. The van der Waals surface area contributed by atoms with Crippen LogP contribution in [0.15, 0.2) is 48.8 Å². The number of hydrogen-bond donors (Lipinski definition) is 2. The highest BCUT2D eigenvalue weighted by Gasteiger charge is 2.10. The fraction of sp³-hybridized carbons (Fsp3) is 0.312. The minimum atomic E-state index is 0.0811. The summed E-state index contributed by atoms with van der Waals surface area (Å²) < 4.78 is 5.58. The van der Waals surface area contributed by atoms with Gasteiger partial charge in [0.1, 0.15) is 5.75 Å². The molecule has 0 aliphatic carbocycles. The average Bonchev–Trinajstić information content (AvgIpc) is 2.52. The van der Waals surface area contributed by atoms with Crippen molar-refractivity contribution in [3.8, 4) is 5.75 Å². The van der Waals surface area contributed by atoms with Crippen molar-refractivity contribution >= 4 is 0 Å². The smallest absolute Gasteiger partial charge is 0.119 e. The Morgan fingerprint density at radius 2 is 1.85 bits per heavy atom. The van der Waals surface area contributed by atoms with Crippen LogP contribution >= 0.6 is 0 Å². The Bertz CT molecular complexity index is 499. The third-order valence-corrected chi connectivity index (χ3v) is 3.15. The van der Waals surface area contributed by atoms with E-state index in [4.69, 9.17) is 10.6 Å². The van der Waals surface area contributed by atoms with E-state index >= 15 is 0 Å². The molecule has 1 aromatic heterocycles. The minimum absolute atomic E-state index is 0.0811. The zero-order valence-corrected chi connectivity index (χ0v) is 11.8. The van der Waals surface area contributed by atoms with Crippen molar-refractivity contribution in [3.05, 3.63) is 59.9 Å². The molecule has 0 aliphatic rings. The maximum Gasteiger partial charge on any atom is 0.119 e. The van der Waals surface area contributed by atoms with E-state index in [-0.39, 0.29) is 6.04 Å². The van der Waals surface area contributed by atoms with Gasteiger partial charge in [0.25, 0.3) is 0 Å². The number of nitrogens with zero attached hydrogens (tertiary/aromatic N) is 1. The van der Waals surface area contributed by atoms with Gasteiger partial charge in [0.05, 0.1) is 6.61 Å². The standard InChI is InChI=1S/C16H21N3O/c1-2-11-20-15-5-3-14(4-6-15)16(19-17)12-13-7-9-18-10-8-13/h3-10,16,19H,2,11-12,17H2,1H3. The molecule has 0 saturated heterocycles. The van der Waals surface area contributed by atoms with E-state index in [0.29, 0.717) is 0 Å². The number of hydrazine groups is 1. The molecule has 2 rings (SSSR count). The van der Waals surface area contributed by atoms with E-state index < -0.39 is 0 Å². The molecular weight excluding hydrogens is 250 g/mol. The van der Waals surface area contributed by atoms with Crippen molar-refractivity contribution in [1.29, 1.82) is 0 Å². The Balaban J connectivity index is 2.04. The highest BCUT2D eigenvalue weighted by atomic mass is 16.5. The van der Waals surface area contributed by atoms with E-state index in [9.17, 15) is 0 Å². The maximum atomic E-state index is 5.67. The second-order valence-electron chi connectivity index (χ2n) is 4.70. The van der Waals surface area contributed by atoms with Crippen molar-refractivity contribution < 1.29 is 4.74 Å². The molecule has 0 amide bonds. The first-order valence-electron chi connectivity index (χ1n) is 6.91. The van der Waals surface area contributed by atoms with Crippen LogP contribution in [-0.4, -0.2) is 11.6 Å². The summed E-state index contributed by atoms with van der Waals surface area (Å²) in [4.78, 5) is 4.02.